The van der Waals surface area contributed by atoms with E-state index < -0.39 is 0 Å². The molecule has 1 saturated heterocycles. The van der Waals surface area contributed by atoms with E-state index in [4.69, 9.17) is 4.42 Å². The van der Waals surface area contributed by atoms with Crippen LogP contribution in [0.3, 0.4) is 0 Å². The van der Waals surface area contributed by atoms with Gasteiger partial charge in [0.1, 0.15) is 5.76 Å². The van der Waals surface area contributed by atoms with Crippen molar-refractivity contribution >= 4 is 21.8 Å². The molecular formula is C16H25BrN2O2. The van der Waals surface area contributed by atoms with Crippen LogP contribution in [0, 0.1) is 5.41 Å². The normalized spacial score (nSPS) is 18.8. The average Bonchev–Trinajstić information content (AvgIpc) is 2.84. The van der Waals surface area contributed by atoms with Gasteiger partial charge in [-0.25, -0.2) is 0 Å². The van der Waals surface area contributed by atoms with Gasteiger partial charge in [-0.05, 0) is 47.8 Å². The van der Waals surface area contributed by atoms with E-state index >= 15 is 0 Å². The molecule has 1 aromatic heterocycles. The number of piperidine rings is 1. The molecule has 118 valence electrons. The Hall–Kier alpha value is -0.810. The van der Waals surface area contributed by atoms with Gasteiger partial charge in [0.2, 0.25) is 5.91 Å². The van der Waals surface area contributed by atoms with E-state index in [9.17, 15) is 4.79 Å². The summed E-state index contributed by atoms with van der Waals surface area (Å²) in [7, 11) is 0. The number of likely N-dealkylation sites (tertiary alicyclic amines) is 1. The number of amides is 1. The molecule has 21 heavy (non-hydrogen) atoms. The fraction of sp³-hybridized carbons (Fsp3) is 0.688. The van der Waals surface area contributed by atoms with Crippen LogP contribution in [0.4, 0.5) is 0 Å². The molecule has 0 radical (unpaired) electrons. The second kappa shape index (κ2) is 6.53. The first-order chi connectivity index (χ1) is 9.77. The number of halogens is 1. The first-order valence-electron chi connectivity index (χ1n) is 7.58. The fourth-order valence-electron chi connectivity index (χ4n) is 2.72. The number of nitrogens with zero attached hydrogens (tertiary/aromatic N) is 1. The van der Waals surface area contributed by atoms with E-state index in [1.807, 2.05) is 37.8 Å². The van der Waals surface area contributed by atoms with Crippen LogP contribution in [0.5, 0.6) is 0 Å². The lowest BCUT2D eigenvalue weighted by molar-refractivity contribution is -0.140. The Morgan fingerprint density at radius 2 is 2.00 bits per heavy atom. The Labute approximate surface area is 135 Å². The summed E-state index contributed by atoms with van der Waals surface area (Å²) in [6, 6.07) is 4.53. The van der Waals surface area contributed by atoms with Gasteiger partial charge < -0.3 is 14.6 Å². The number of nitrogens with one attached hydrogen (secondary N) is 1. The third-order valence-electron chi connectivity index (χ3n) is 3.93. The zero-order chi connectivity index (χ0) is 15.6. The molecule has 0 saturated carbocycles. The van der Waals surface area contributed by atoms with Gasteiger partial charge >= 0.3 is 0 Å². The molecule has 0 aliphatic carbocycles. The summed E-state index contributed by atoms with van der Waals surface area (Å²) in [5, 5.41) is 3.59. The summed E-state index contributed by atoms with van der Waals surface area (Å²) < 4.78 is 6.34. The molecular weight excluding hydrogens is 332 g/mol. The summed E-state index contributed by atoms with van der Waals surface area (Å²) in [5.41, 5.74) is -0.284. The van der Waals surface area contributed by atoms with Gasteiger partial charge in [-0.1, -0.05) is 20.8 Å². The Kier molecular flexibility index (Phi) is 5.15. The topological polar surface area (TPSA) is 45.5 Å². The van der Waals surface area contributed by atoms with E-state index in [1.54, 1.807) is 0 Å². The largest absolute Gasteiger partial charge is 0.453 e. The maximum atomic E-state index is 12.3. The van der Waals surface area contributed by atoms with Gasteiger partial charge in [0.05, 0.1) is 6.04 Å². The summed E-state index contributed by atoms with van der Waals surface area (Å²) in [6.07, 6.45) is 1.99. The summed E-state index contributed by atoms with van der Waals surface area (Å²) >= 11 is 3.33. The molecule has 1 N–H and O–H groups in total. The van der Waals surface area contributed by atoms with Crippen LogP contribution >= 0.6 is 15.9 Å². The first kappa shape index (κ1) is 16.6. The summed E-state index contributed by atoms with van der Waals surface area (Å²) in [4.78, 5) is 14.3. The zero-order valence-electron chi connectivity index (χ0n) is 13.3. The predicted molar refractivity (Wildman–Crippen MR) is 87.0 cm³/mol. The Bertz CT molecular complexity index is 485. The van der Waals surface area contributed by atoms with Gasteiger partial charge in [0.15, 0.2) is 4.67 Å². The van der Waals surface area contributed by atoms with Crippen LogP contribution in [-0.4, -0.2) is 29.9 Å². The van der Waals surface area contributed by atoms with E-state index in [-0.39, 0.29) is 17.4 Å². The molecule has 2 rings (SSSR count). The molecule has 1 amide bonds. The SMILES string of the molecule is CC(NC1CCN(C(=O)C(C)(C)C)CC1)c1ccc(Br)o1. The Balaban J connectivity index is 1.83. The first-order valence-corrected chi connectivity index (χ1v) is 8.37. The van der Waals surface area contributed by atoms with Crippen molar-refractivity contribution in [3.63, 3.8) is 0 Å². The molecule has 1 aliphatic rings. The van der Waals surface area contributed by atoms with Gasteiger partial charge in [0, 0.05) is 24.5 Å². The molecule has 0 spiro atoms. The zero-order valence-corrected chi connectivity index (χ0v) is 14.9. The van der Waals surface area contributed by atoms with E-state index in [2.05, 4.69) is 28.2 Å². The minimum Gasteiger partial charge on any atom is -0.453 e. The number of furan rings is 1. The smallest absolute Gasteiger partial charge is 0.227 e. The maximum Gasteiger partial charge on any atom is 0.227 e. The number of hydrogen-bond donors (Lipinski definition) is 1. The summed E-state index contributed by atoms with van der Waals surface area (Å²) in [5.74, 6) is 1.19. The Morgan fingerprint density at radius 1 is 1.38 bits per heavy atom. The van der Waals surface area contributed by atoms with Crippen LogP contribution in [0.2, 0.25) is 0 Å². The van der Waals surface area contributed by atoms with Gasteiger partial charge in [-0.2, -0.15) is 0 Å². The van der Waals surface area contributed by atoms with Crippen LogP contribution in [-0.2, 0) is 4.79 Å². The second-order valence-electron chi connectivity index (χ2n) is 6.85. The highest BCUT2D eigenvalue weighted by molar-refractivity contribution is 9.10. The van der Waals surface area contributed by atoms with Gasteiger partial charge in [-0.15, -0.1) is 0 Å². The van der Waals surface area contributed by atoms with Crippen molar-refractivity contribution < 1.29 is 9.21 Å². The Morgan fingerprint density at radius 3 is 2.48 bits per heavy atom. The lowest BCUT2D eigenvalue weighted by atomic mass is 9.93. The molecule has 2 heterocycles. The lowest BCUT2D eigenvalue weighted by Gasteiger charge is -2.36. The highest BCUT2D eigenvalue weighted by Gasteiger charge is 2.30. The van der Waals surface area contributed by atoms with Crippen LogP contribution in [0.25, 0.3) is 0 Å². The molecule has 1 aromatic rings. The number of carbonyl (C=O) groups is 1. The van der Waals surface area contributed by atoms with E-state index in [0.717, 1.165) is 36.4 Å². The highest BCUT2D eigenvalue weighted by Crippen LogP contribution is 2.24. The van der Waals surface area contributed by atoms with E-state index in [0.29, 0.717) is 6.04 Å². The number of hydrogen-bond acceptors (Lipinski definition) is 3. The van der Waals surface area contributed by atoms with Crippen molar-refractivity contribution in [3.05, 3.63) is 22.6 Å². The third-order valence-corrected chi connectivity index (χ3v) is 4.36. The third kappa shape index (κ3) is 4.33. The molecule has 0 aromatic carbocycles. The average molecular weight is 357 g/mol. The molecule has 1 fully saturated rings. The number of rotatable bonds is 3. The van der Waals surface area contributed by atoms with Crippen molar-refractivity contribution in [2.45, 2.75) is 52.6 Å². The number of carbonyl (C=O) groups excluding carboxylic acids is 1. The maximum absolute atomic E-state index is 12.3. The van der Waals surface area contributed by atoms with Crippen LogP contribution in [0.1, 0.15) is 52.3 Å². The minimum absolute atomic E-state index is 0.186. The molecule has 5 heteroatoms. The lowest BCUT2D eigenvalue weighted by Crippen LogP contribution is -2.48. The van der Waals surface area contributed by atoms with Crippen molar-refractivity contribution in [2.75, 3.05) is 13.1 Å². The van der Waals surface area contributed by atoms with Crippen LogP contribution < -0.4 is 5.32 Å². The van der Waals surface area contributed by atoms with Gasteiger partial charge in [0.25, 0.3) is 0 Å². The highest BCUT2D eigenvalue weighted by atomic mass is 79.9. The molecule has 0 bridgehead atoms. The molecule has 1 atom stereocenters. The minimum atomic E-state index is -0.284. The fourth-order valence-corrected chi connectivity index (χ4v) is 3.04. The molecule has 1 aliphatic heterocycles. The monoisotopic (exact) mass is 356 g/mol. The predicted octanol–water partition coefficient (Wildman–Crippen LogP) is 3.73. The second-order valence-corrected chi connectivity index (χ2v) is 7.63. The molecule has 1 unspecified atom stereocenters. The van der Waals surface area contributed by atoms with E-state index in [1.165, 1.54) is 0 Å². The van der Waals surface area contributed by atoms with Crippen LogP contribution in [0.15, 0.2) is 21.2 Å². The standard InChI is InChI=1S/C16H25BrN2O2/c1-11(13-5-6-14(17)21-13)18-12-7-9-19(10-8-12)15(20)16(2,3)4/h5-6,11-12,18H,7-10H2,1-4H3. The van der Waals surface area contributed by atoms with Crippen molar-refractivity contribution in [1.29, 1.82) is 0 Å². The summed E-state index contributed by atoms with van der Waals surface area (Å²) in [6.45, 7) is 9.73. The molecule has 4 nitrogen and oxygen atoms in total. The van der Waals surface area contributed by atoms with Crippen molar-refractivity contribution in [2.24, 2.45) is 5.41 Å². The quantitative estimate of drug-likeness (QED) is 0.897. The van der Waals surface area contributed by atoms with Crippen molar-refractivity contribution in [1.82, 2.24) is 10.2 Å². The van der Waals surface area contributed by atoms with Gasteiger partial charge in [-0.3, -0.25) is 4.79 Å². The van der Waals surface area contributed by atoms with Crippen molar-refractivity contribution in [3.8, 4) is 0 Å².